The standard InChI is InChI=1S/C22H25FN2O3/c1-4-11-25(15-22(26)24-2)12-10-17-8-9-20(21(14-17)27-3)28-16-18-6-5-7-19(23)13-18/h1,5-9,13-14H,10-12,15-16H2,2-3H3,(H,24,26). The van der Waals surface area contributed by atoms with E-state index >= 15 is 0 Å². The second-order valence-electron chi connectivity index (χ2n) is 6.24. The van der Waals surface area contributed by atoms with Crippen molar-refractivity contribution >= 4 is 5.91 Å². The van der Waals surface area contributed by atoms with E-state index in [1.165, 1.54) is 12.1 Å². The molecule has 5 nitrogen and oxygen atoms in total. The average molecular weight is 384 g/mol. The summed E-state index contributed by atoms with van der Waals surface area (Å²) in [5.41, 5.74) is 1.78. The van der Waals surface area contributed by atoms with E-state index in [0.29, 0.717) is 31.0 Å². The molecule has 6 heteroatoms. The lowest BCUT2D eigenvalue weighted by Gasteiger charge is -2.19. The fourth-order valence-corrected chi connectivity index (χ4v) is 2.69. The number of halogens is 1. The summed E-state index contributed by atoms with van der Waals surface area (Å²) in [6, 6.07) is 12.0. The highest BCUT2D eigenvalue weighted by Crippen LogP contribution is 2.29. The van der Waals surface area contributed by atoms with E-state index in [1.54, 1.807) is 26.3 Å². The second kappa shape index (κ2) is 11.0. The van der Waals surface area contributed by atoms with Crippen molar-refractivity contribution in [2.24, 2.45) is 0 Å². The van der Waals surface area contributed by atoms with E-state index in [2.05, 4.69) is 11.2 Å². The smallest absolute Gasteiger partial charge is 0.233 e. The molecule has 28 heavy (non-hydrogen) atoms. The number of nitrogens with one attached hydrogen (secondary N) is 1. The highest BCUT2D eigenvalue weighted by Gasteiger charge is 2.11. The van der Waals surface area contributed by atoms with Gasteiger partial charge in [0, 0.05) is 13.6 Å². The predicted molar refractivity (Wildman–Crippen MR) is 107 cm³/mol. The number of nitrogens with zero attached hydrogens (tertiary/aromatic N) is 1. The maximum Gasteiger partial charge on any atom is 0.233 e. The third kappa shape index (κ3) is 6.60. The molecular formula is C22H25FN2O3. The molecule has 0 saturated carbocycles. The minimum Gasteiger partial charge on any atom is -0.493 e. The van der Waals surface area contributed by atoms with Crippen LogP contribution in [0.3, 0.4) is 0 Å². The number of amides is 1. The van der Waals surface area contributed by atoms with E-state index in [1.807, 2.05) is 23.1 Å². The first-order valence-electron chi connectivity index (χ1n) is 8.96. The zero-order valence-electron chi connectivity index (χ0n) is 16.2. The summed E-state index contributed by atoms with van der Waals surface area (Å²) in [6.45, 7) is 1.55. The summed E-state index contributed by atoms with van der Waals surface area (Å²) in [4.78, 5) is 13.5. The highest BCUT2D eigenvalue weighted by atomic mass is 19.1. The van der Waals surface area contributed by atoms with Crippen molar-refractivity contribution in [3.05, 3.63) is 59.4 Å². The summed E-state index contributed by atoms with van der Waals surface area (Å²) in [5.74, 6) is 3.39. The third-order valence-corrected chi connectivity index (χ3v) is 4.19. The lowest BCUT2D eigenvalue weighted by atomic mass is 10.1. The SMILES string of the molecule is C#CCN(CCc1ccc(OCc2cccc(F)c2)c(OC)c1)CC(=O)NC. The van der Waals surface area contributed by atoms with Crippen molar-refractivity contribution in [2.45, 2.75) is 13.0 Å². The van der Waals surface area contributed by atoms with E-state index < -0.39 is 0 Å². The molecule has 0 aliphatic carbocycles. The van der Waals surface area contributed by atoms with E-state index in [4.69, 9.17) is 15.9 Å². The number of terminal acetylenes is 1. The van der Waals surface area contributed by atoms with Gasteiger partial charge < -0.3 is 14.8 Å². The van der Waals surface area contributed by atoms with Crippen LogP contribution in [0.5, 0.6) is 11.5 Å². The van der Waals surface area contributed by atoms with Crippen molar-refractivity contribution < 1.29 is 18.7 Å². The Kier molecular flexibility index (Phi) is 8.32. The zero-order chi connectivity index (χ0) is 20.4. The monoisotopic (exact) mass is 384 g/mol. The largest absolute Gasteiger partial charge is 0.493 e. The van der Waals surface area contributed by atoms with Crippen LogP contribution in [0, 0.1) is 18.2 Å². The van der Waals surface area contributed by atoms with Crippen LogP contribution in [0.1, 0.15) is 11.1 Å². The minimum absolute atomic E-state index is 0.0751. The van der Waals surface area contributed by atoms with Gasteiger partial charge in [0.1, 0.15) is 12.4 Å². The van der Waals surface area contributed by atoms with Gasteiger partial charge in [-0.05, 0) is 41.8 Å². The molecule has 1 N–H and O–H groups in total. The quantitative estimate of drug-likeness (QED) is 0.640. The molecule has 0 bridgehead atoms. The van der Waals surface area contributed by atoms with Crippen LogP contribution in [0.15, 0.2) is 42.5 Å². The molecule has 0 unspecified atom stereocenters. The average Bonchev–Trinajstić information content (AvgIpc) is 2.70. The Labute approximate surface area is 165 Å². The third-order valence-electron chi connectivity index (χ3n) is 4.19. The van der Waals surface area contributed by atoms with Crippen LogP contribution < -0.4 is 14.8 Å². The normalized spacial score (nSPS) is 10.4. The van der Waals surface area contributed by atoms with Gasteiger partial charge in [-0.3, -0.25) is 9.69 Å². The molecule has 0 saturated heterocycles. The first-order valence-corrected chi connectivity index (χ1v) is 8.96. The maximum absolute atomic E-state index is 13.3. The van der Waals surface area contributed by atoms with Gasteiger partial charge in [-0.25, -0.2) is 4.39 Å². The number of rotatable bonds is 10. The van der Waals surface area contributed by atoms with E-state index in [0.717, 1.165) is 11.1 Å². The van der Waals surface area contributed by atoms with E-state index in [-0.39, 0.29) is 24.9 Å². The van der Waals surface area contributed by atoms with E-state index in [9.17, 15) is 9.18 Å². The van der Waals surface area contributed by atoms with Gasteiger partial charge in [0.2, 0.25) is 5.91 Å². The Morgan fingerprint density at radius 3 is 2.71 bits per heavy atom. The molecule has 0 heterocycles. The molecule has 0 aliphatic heterocycles. The van der Waals surface area contributed by atoms with Crippen LogP contribution >= 0.6 is 0 Å². The van der Waals surface area contributed by atoms with Gasteiger partial charge in [0.25, 0.3) is 0 Å². The molecule has 1 amide bonds. The number of ether oxygens (including phenoxy) is 2. The van der Waals surface area contributed by atoms with Crippen molar-refractivity contribution in [3.8, 4) is 23.8 Å². The molecular weight excluding hydrogens is 359 g/mol. The first kappa shape index (κ1) is 21.3. The summed E-state index contributed by atoms with van der Waals surface area (Å²) in [6.07, 6.45) is 6.10. The summed E-state index contributed by atoms with van der Waals surface area (Å²) in [7, 11) is 3.17. The Hall–Kier alpha value is -3.04. The summed E-state index contributed by atoms with van der Waals surface area (Å²) >= 11 is 0. The molecule has 2 aromatic rings. The Balaban J connectivity index is 1.99. The topological polar surface area (TPSA) is 50.8 Å². The molecule has 0 spiro atoms. The number of carbonyl (C=O) groups is 1. The molecule has 148 valence electrons. The number of benzene rings is 2. The molecule has 0 fully saturated rings. The van der Waals surface area contributed by atoms with Crippen LogP contribution in [-0.4, -0.2) is 44.6 Å². The minimum atomic E-state index is -0.295. The van der Waals surface area contributed by atoms with Crippen molar-refractivity contribution in [1.29, 1.82) is 0 Å². The van der Waals surface area contributed by atoms with Gasteiger partial charge >= 0.3 is 0 Å². The van der Waals surface area contributed by atoms with Crippen molar-refractivity contribution in [2.75, 3.05) is 33.8 Å². The van der Waals surface area contributed by atoms with Gasteiger partial charge in [-0.15, -0.1) is 6.42 Å². The number of likely N-dealkylation sites (N-methyl/N-ethyl adjacent to an activating group) is 1. The van der Waals surface area contributed by atoms with Crippen molar-refractivity contribution in [3.63, 3.8) is 0 Å². The first-order chi connectivity index (χ1) is 13.5. The lowest BCUT2D eigenvalue weighted by molar-refractivity contribution is -0.121. The Bertz CT molecular complexity index is 833. The zero-order valence-corrected chi connectivity index (χ0v) is 16.2. The number of hydrogen-bond acceptors (Lipinski definition) is 4. The van der Waals surface area contributed by atoms with Crippen LogP contribution in [0.25, 0.3) is 0 Å². The molecule has 0 atom stereocenters. The van der Waals surface area contributed by atoms with Gasteiger partial charge in [0.15, 0.2) is 11.5 Å². The molecule has 0 radical (unpaired) electrons. The fraction of sp³-hybridized carbons (Fsp3) is 0.318. The molecule has 0 aromatic heterocycles. The molecule has 2 rings (SSSR count). The van der Waals surface area contributed by atoms with Gasteiger partial charge in [-0.1, -0.05) is 24.1 Å². The van der Waals surface area contributed by atoms with Gasteiger partial charge in [-0.2, -0.15) is 0 Å². The van der Waals surface area contributed by atoms with Crippen molar-refractivity contribution in [1.82, 2.24) is 10.2 Å². The lowest BCUT2D eigenvalue weighted by Crippen LogP contribution is -2.37. The number of carbonyl (C=O) groups excluding carboxylic acids is 1. The van der Waals surface area contributed by atoms with Crippen LogP contribution in [0.4, 0.5) is 4.39 Å². The molecule has 0 aliphatic rings. The Morgan fingerprint density at radius 2 is 2.04 bits per heavy atom. The summed E-state index contributed by atoms with van der Waals surface area (Å²) < 4.78 is 24.5. The number of hydrogen-bond donors (Lipinski definition) is 1. The van der Waals surface area contributed by atoms with Crippen LogP contribution in [0.2, 0.25) is 0 Å². The fourth-order valence-electron chi connectivity index (χ4n) is 2.69. The summed E-state index contributed by atoms with van der Waals surface area (Å²) in [5, 5.41) is 2.60. The highest BCUT2D eigenvalue weighted by molar-refractivity contribution is 5.77. The predicted octanol–water partition coefficient (Wildman–Crippen LogP) is 2.64. The Morgan fingerprint density at radius 1 is 1.21 bits per heavy atom. The maximum atomic E-state index is 13.3. The second-order valence-corrected chi connectivity index (χ2v) is 6.24. The van der Waals surface area contributed by atoms with Gasteiger partial charge in [0.05, 0.1) is 20.2 Å². The van der Waals surface area contributed by atoms with Crippen LogP contribution in [-0.2, 0) is 17.8 Å². The number of methoxy groups -OCH3 is 1. The molecule has 2 aromatic carbocycles.